The van der Waals surface area contributed by atoms with E-state index in [4.69, 9.17) is 9.47 Å². The van der Waals surface area contributed by atoms with Gasteiger partial charge in [-0.25, -0.2) is 4.68 Å². The van der Waals surface area contributed by atoms with Crippen LogP contribution in [0.4, 0.5) is 0 Å². The molecule has 0 saturated carbocycles. The second-order valence-electron chi connectivity index (χ2n) is 8.23. The fourth-order valence-corrected chi connectivity index (χ4v) is 4.37. The molecule has 1 amide bonds. The molecule has 4 heterocycles. The summed E-state index contributed by atoms with van der Waals surface area (Å²) in [5, 5.41) is 22.5. The van der Waals surface area contributed by atoms with Crippen LogP contribution in [-0.4, -0.2) is 106 Å². The van der Waals surface area contributed by atoms with Gasteiger partial charge in [0.1, 0.15) is 0 Å². The first kappa shape index (κ1) is 20.7. The van der Waals surface area contributed by atoms with Crippen LogP contribution in [0.3, 0.4) is 0 Å². The lowest BCUT2D eigenvalue weighted by atomic mass is 10.0. The number of rotatable bonds is 6. The summed E-state index contributed by atoms with van der Waals surface area (Å²) in [4.78, 5) is 15.7. The van der Waals surface area contributed by atoms with Crippen LogP contribution in [0.25, 0.3) is 0 Å². The van der Waals surface area contributed by atoms with Crippen LogP contribution in [0, 0.1) is 0 Å². The number of nitrogens with one attached hydrogen (secondary N) is 1. The van der Waals surface area contributed by atoms with E-state index < -0.39 is 6.10 Å². The first-order valence-electron chi connectivity index (χ1n) is 10.6. The number of ether oxygens (including phenoxy) is 2. The number of aromatic nitrogens is 3. The third kappa shape index (κ3) is 5.32. The third-order valence-electron chi connectivity index (χ3n) is 6.11. The zero-order valence-corrected chi connectivity index (χ0v) is 17.1. The topological polar surface area (TPSA) is 105 Å². The number of carbonyl (C=O) groups is 1. The molecule has 0 spiro atoms. The van der Waals surface area contributed by atoms with Gasteiger partial charge in [-0.1, -0.05) is 5.21 Å². The van der Waals surface area contributed by atoms with Gasteiger partial charge in [0.15, 0.2) is 0 Å². The highest BCUT2D eigenvalue weighted by Gasteiger charge is 2.38. The van der Waals surface area contributed by atoms with Gasteiger partial charge in [0, 0.05) is 51.9 Å². The van der Waals surface area contributed by atoms with Gasteiger partial charge in [0.25, 0.3) is 0 Å². The van der Waals surface area contributed by atoms with Crippen LogP contribution in [0.2, 0.25) is 0 Å². The molecule has 3 aliphatic heterocycles. The highest BCUT2D eigenvalue weighted by molar-refractivity contribution is 5.73. The predicted octanol–water partition coefficient (Wildman–Crippen LogP) is -1.16. The number of hydrogen-bond donors (Lipinski definition) is 2. The average molecular weight is 409 g/mol. The Morgan fingerprint density at radius 3 is 2.76 bits per heavy atom. The number of hydrogen-bond acceptors (Lipinski definition) is 8. The van der Waals surface area contributed by atoms with Crippen LogP contribution in [0.1, 0.15) is 25.5 Å². The normalized spacial score (nSPS) is 29.4. The second-order valence-corrected chi connectivity index (χ2v) is 8.23. The van der Waals surface area contributed by atoms with E-state index in [-0.39, 0.29) is 24.1 Å². The van der Waals surface area contributed by atoms with Crippen molar-refractivity contribution in [2.75, 3.05) is 46.0 Å². The minimum Gasteiger partial charge on any atom is -0.389 e. The van der Waals surface area contributed by atoms with Crippen LogP contribution in [0.5, 0.6) is 0 Å². The first-order valence-corrected chi connectivity index (χ1v) is 10.6. The minimum absolute atomic E-state index is 0.129. The third-order valence-corrected chi connectivity index (χ3v) is 6.11. The van der Waals surface area contributed by atoms with Crippen molar-refractivity contribution in [3.05, 3.63) is 11.9 Å². The lowest BCUT2D eigenvalue weighted by Crippen LogP contribution is -2.53. The van der Waals surface area contributed by atoms with Crippen LogP contribution >= 0.6 is 0 Å². The molecule has 0 bridgehead atoms. The van der Waals surface area contributed by atoms with Crippen molar-refractivity contribution < 1.29 is 19.4 Å². The monoisotopic (exact) mass is 408 g/mol. The van der Waals surface area contributed by atoms with Crippen LogP contribution < -0.4 is 5.32 Å². The van der Waals surface area contributed by atoms with Crippen molar-refractivity contribution in [2.45, 2.75) is 57.1 Å². The minimum atomic E-state index is -0.540. The van der Waals surface area contributed by atoms with Gasteiger partial charge in [-0.2, -0.15) is 0 Å². The summed E-state index contributed by atoms with van der Waals surface area (Å²) in [6, 6.07) is 0.137. The molecule has 3 aliphatic rings. The number of amides is 1. The summed E-state index contributed by atoms with van der Waals surface area (Å²) in [5.74, 6) is 0.129. The molecule has 3 saturated heterocycles. The standard InChI is InChI=1S/C19H32N6O4/c1-14(26)24-4-2-15(3-5-24)20-19-17(27)13-29-18(19)12-25-11-16(21-22-25)10-23-6-8-28-9-7-23/h11,15,17-20,27H,2-10,12-13H2,1H3/t17-,18+,19+/m0/s1. The van der Waals surface area contributed by atoms with E-state index >= 15 is 0 Å². The molecule has 1 aromatic rings. The number of aliphatic hydroxyl groups excluding tert-OH is 1. The van der Waals surface area contributed by atoms with E-state index in [1.54, 1.807) is 6.92 Å². The Balaban J connectivity index is 1.29. The number of carbonyl (C=O) groups excluding carboxylic acids is 1. The lowest BCUT2D eigenvalue weighted by molar-refractivity contribution is -0.130. The number of morpholine rings is 1. The highest BCUT2D eigenvalue weighted by Crippen LogP contribution is 2.20. The molecule has 0 aromatic carbocycles. The Bertz CT molecular complexity index is 671. The Hall–Kier alpha value is -1.59. The van der Waals surface area contributed by atoms with Gasteiger partial charge in [0.05, 0.1) is 50.3 Å². The summed E-state index contributed by atoms with van der Waals surface area (Å²) in [7, 11) is 0. The Kier molecular flexibility index (Phi) is 6.76. The zero-order chi connectivity index (χ0) is 20.2. The fraction of sp³-hybridized carbons (Fsp3) is 0.842. The smallest absolute Gasteiger partial charge is 0.219 e. The molecular formula is C19H32N6O4. The van der Waals surface area contributed by atoms with Crippen molar-refractivity contribution >= 4 is 5.91 Å². The Labute approximate surface area is 171 Å². The van der Waals surface area contributed by atoms with Crippen molar-refractivity contribution in [1.82, 2.24) is 30.1 Å². The van der Waals surface area contributed by atoms with Gasteiger partial charge in [0.2, 0.25) is 5.91 Å². The molecule has 162 valence electrons. The van der Waals surface area contributed by atoms with E-state index in [1.165, 1.54) is 0 Å². The largest absolute Gasteiger partial charge is 0.389 e. The predicted molar refractivity (Wildman–Crippen MR) is 104 cm³/mol. The maximum absolute atomic E-state index is 11.5. The summed E-state index contributed by atoms with van der Waals surface area (Å²) < 4.78 is 13.0. The average Bonchev–Trinajstić information content (AvgIpc) is 3.30. The zero-order valence-electron chi connectivity index (χ0n) is 17.1. The SMILES string of the molecule is CC(=O)N1CCC(N[C@@H]2[C@@H](O)CO[C@@H]2Cn2cc(CN3CCOCC3)nn2)CC1. The number of likely N-dealkylation sites (tertiary alicyclic amines) is 1. The molecule has 10 heteroatoms. The fourth-order valence-electron chi connectivity index (χ4n) is 4.37. The summed E-state index contributed by atoms with van der Waals surface area (Å²) in [5.41, 5.74) is 0.937. The Morgan fingerprint density at radius 2 is 2.03 bits per heavy atom. The molecule has 3 fully saturated rings. The quantitative estimate of drug-likeness (QED) is 0.607. The van der Waals surface area contributed by atoms with Crippen molar-refractivity contribution in [2.24, 2.45) is 0 Å². The highest BCUT2D eigenvalue weighted by atomic mass is 16.5. The maximum atomic E-state index is 11.5. The maximum Gasteiger partial charge on any atom is 0.219 e. The molecule has 0 unspecified atom stereocenters. The van der Waals surface area contributed by atoms with Gasteiger partial charge >= 0.3 is 0 Å². The van der Waals surface area contributed by atoms with E-state index in [2.05, 4.69) is 20.5 Å². The van der Waals surface area contributed by atoms with E-state index in [0.29, 0.717) is 13.2 Å². The molecule has 29 heavy (non-hydrogen) atoms. The van der Waals surface area contributed by atoms with Crippen molar-refractivity contribution in [3.63, 3.8) is 0 Å². The van der Waals surface area contributed by atoms with Gasteiger partial charge < -0.3 is 24.8 Å². The lowest BCUT2D eigenvalue weighted by Gasteiger charge is -2.34. The van der Waals surface area contributed by atoms with Crippen LogP contribution in [-0.2, 0) is 27.4 Å². The molecule has 4 rings (SSSR count). The number of piperidine rings is 1. The van der Waals surface area contributed by atoms with Crippen molar-refractivity contribution in [1.29, 1.82) is 0 Å². The van der Waals surface area contributed by atoms with Gasteiger partial charge in [-0.3, -0.25) is 9.69 Å². The first-order chi connectivity index (χ1) is 14.1. The van der Waals surface area contributed by atoms with Gasteiger partial charge in [-0.15, -0.1) is 5.10 Å². The van der Waals surface area contributed by atoms with Crippen LogP contribution in [0.15, 0.2) is 6.20 Å². The molecule has 1 aromatic heterocycles. The van der Waals surface area contributed by atoms with E-state index in [9.17, 15) is 9.90 Å². The van der Waals surface area contributed by atoms with Crippen molar-refractivity contribution in [3.8, 4) is 0 Å². The number of nitrogens with zero attached hydrogens (tertiary/aromatic N) is 5. The molecule has 2 N–H and O–H groups in total. The summed E-state index contributed by atoms with van der Waals surface area (Å²) in [6.07, 6.45) is 3.05. The molecule has 0 radical (unpaired) electrons. The number of aliphatic hydroxyl groups is 1. The molecule has 10 nitrogen and oxygen atoms in total. The van der Waals surface area contributed by atoms with E-state index in [1.807, 2.05) is 15.8 Å². The molecule has 0 aliphatic carbocycles. The molecule has 3 atom stereocenters. The van der Waals surface area contributed by atoms with Gasteiger partial charge in [-0.05, 0) is 12.8 Å². The summed E-state index contributed by atoms with van der Waals surface area (Å²) in [6.45, 7) is 8.14. The molecular weight excluding hydrogens is 376 g/mol. The Morgan fingerprint density at radius 1 is 1.28 bits per heavy atom. The summed E-state index contributed by atoms with van der Waals surface area (Å²) >= 11 is 0. The van der Waals surface area contributed by atoms with E-state index in [0.717, 1.165) is 64.5 Å². The second kappa shape index (κ2) is 9.48.